The molecule has 0 fully saturated rings. The second-order valence-corrected chi connectivity index (χ2v) is 6.18. The number of aromatic nitrogens is 2. The SMILES string of the molecule is CC(NC(=O)CCCc1nnc(-c2ccccc2)o1)c1ccc(F)c(F)c1. The highest BCUT2D eigenvalue weighted by Gasteiger charge is 2.13. The van der Waals surface area contributed by atoms with Gasteiger partial charge in [-0.05, 0) is 43.2 Å². The van der Waals surface area contributed by atoms with Crippen LogP contribution < -0.4 is 5.32 Å². The molecule has 0 saturated carbocycles. The zero-order chi connectivity index (χ0) is 19.2. The third kappa shape index (κ3) is 4.97. The Kier molecular flexibility index (Phi) is 5.90. The van der Waals surface area contributed by atoms with Crippen molar-refractivity contribution in [2.24, 2.45) is 0 Å². The normalized spacial score (nSPS) is 12.0. The van der Waals surface area contributed by atoms with Gasteiger partial charge in [-0.1, -0.05) is 24.3 Å². The average Bonchev–Trinajstić information content (AvgIpc) is 3.13. The molecule has 3 aromatic rings. The van der Waals surface area contributed by atoms with E-state index in [1.165, 1.54) is 6.07 Å². The van der Waals surface area contributed by atoms with Gasteiger partial charge in [-0.15, -0.1) is 10.2 Å². The molecular formula is C20H19F2N3O2. The molecule has 0 aliphatic heterocycles. The van der Waals surface area contributed by atoms with Crippen molar-refractivity contribution in [1.82, 2.24) is 15.5 Å². The molecule has 1 heterocycles. The van der Waals surface area contributed by atoms with E-state index in [1.807, 2.05) is 30.3 Å². The predicted molar refractivity (Wildman–Crippen MR) is 95.6 cm³/mol. The highest BCUT2D eigenvalue weighted by molar-refractivity contribution is 5.76. The molecule has 1 aromatic heterocycles. The van der Waals surface area contributed by atoms with Crippen LogP contribution in [0.3, 0.4) is 0 Å². The van der Waals surface area contributed by atoms with Gasteiger partial charge in [0, 0.05) is 18.4 Å². The topological polar surface area (TPSA) is 68.0 Å². The summed E-state index contributed by atoms with van der Waals surface area (Å²) in [6.45, 7) is 1.72. The van der Waals surface area contributed by atoms with Crippen molar-refractivity contribution < 1.29 is 18.0 Å². The minimum Gasteiger partial charge on any atom is -0.421 e. The molecule has 2 aromatic carbocycles. The molecule has 0 saturated heterocycles. The summed E-state index contributed by atoms with van der Waals surface area (Å²) in [7, 11) is 0. The Morgan fingerprint density at radius 3 is 2.63 bits per heavy atom. The number of amides is 1. The molecule has 140 valence electrons. The van der Waals surface area contributed by atoms with E-state index >= 15 is 0 Å². The fraction of sp³-hybridized carbons (Fsp3) is 0.250. The van der Waals surface area contributed by atoms with E-state index in [0.29, 0.717) is 30.2 Å². The van der Waals surface area contributed by atoms with E-state index < -0.39 is 17.7 Å². The second kappa shape index (κ2) is 8.53. The van der Waals surface area contributed by atoms with Crippen LogP contribution in [-0.2, 0) is 11.2 Å². The largest absolute Gasteiger partial charge is 0.421 e. The van der Waals surface area contributed by atoms with Gasteiger partial charge in [-0.3, -0.25) is 4.79 Å². The summed E-state index contributed by atoms with van der Waals surface area (Å²) >= 11 is 0. The fourth-order valence-electron chi connectivity index (χ4n) is 2.63. The van der Waals surface area contributed by atoms with Crippen LogP contribution in [0.1, 0.15) is 37.3 Å². The lowest BCUT2D eigenvalue weighted by molar-refractivity contribution is -0.121. The Morgan fingerprint density at radius 2 is 1.89 bits per heavy atom. The lowest BCUT2D eigenvalue weighted by Crippen LogP contribution is -2.26. The number of nitrogens with zero attached hydrogens (tertiary/aromatic N) is 2. The molecular weight excluding hydrogens is 352 g/mol. The van der Waals surface area contributed by atoms with Crippen LogP contribution in [-0.4, -0.2) is 16.1 Å². The molecule has 0 aliphatic rings. The fourth-order valence-corrected chi connectivity index (χ4v) is 2.63. The minimum atomic E-state index is -0.931. The highest BCUT2D eigenvalue weighted by atomic mass is 19.2. The Morgan fingerprint density at radius 1 is 1.11 bits per heavy atom. The summed E-state index contributed by atoms with van der Waals surface area (Å²) in [6, 6.07) is 12.6. The molecule has 1 atom stereocenters. The summed E-state index contributed by atoms with van der Waals surface area (Å²) in [5.74, 6) is -1.11. The number of halogens is 2. The lowest BCUT2D eigenvalue weighted by atomic mass is 10.1. The van der Waals surface area contributed by atoms with Gasteiger partial charge in [0.05, 0.1) is 6.04 Å². The maximum atomic E-state index is 13.3. The Bertz CT molecular complexity index is 913. The molecule has 1 unspecified atom stereocenters. The first kappa shape index (κ1) is 18.7. The van der Waals surface area contributed by atoms with Crippen molar-refractivity contribution in [3.63, 3.8) is 0 Å². The van der Waals surface area contributed by atoms with Crippen LogP contribution in [0.2, 0.25) is 0 Å². The molecule has 5 nitrogen and oxygen atoms in total. The van der Waals surface area contributed by atoms with Gasteiger partial charge in [-0.2, -0.15) is 0 Å². The molecule has 3 rings (SSSR count). The molecule has 7 heteroatoms. The maximum absolute atomic E-state index is 13.3. The Labute approximate surface area is 155 Å². The monoisotopic (exact) mass is 371 g/mol. The van der Waals surface area contributed by atoms with Crippen molar-refractivity contribution in [3.05, 3.63) is 71.6 Å². The third-order valence-electron chi connectivity index (χ3n) is 4.10. The van der Waals surface area contributed by atoms with Gasteiger partial charge in [0.1, 0.15) is 0 Å². The molecule has 0 aliphatic carbocycles. The first-order valence-electron chi connectivity index (χ1n) is 8.65. The van der Waals surface area contributed by atoms with Crippen LogP contribution in [0.4, 0.5) is 8.78 Å². The van der Waals surface area contributed by atoms with Gasteiger partial charge in [0.25, 0.3) is 0 Å². The van der Waals surface area contributed by atoms with Crippen LogP contribution in [0.15, 0.2) is 52.9 Å². The Balaban J connectivity index is 1.47. The Hall–Kier alpha value is -3.09. The molecule has 0 spiro atoms. The van der Waals surface area contributed by atoms with Crippen molar-refractivity contribution in [2.75, 3.05) is 0 Å². The summed E-state index contributed by atoms with van der Waals surface area (Å²) in [6.07, 6.45) is 1.27. The lowest BCUT2D eigenvalue weighted by Gasteiger charge is -2.14. The van der Waals surface area contributed by atoms with Gasteiger partial charge < -0.3 is 9.73 Å². The van der Waals surface area contributed by atoms with E-state index in [0.717, 1.165) is 17.7 Å². The van der Waals surface area contributed by atoms with Crippen LogP contribution in [0.5, 0.6) is 0 Å². The zero-order valence-electron chi connectivity index (χ0n) is 14.8. The molecule has 1 amide bonds. The van der Waals surface area contributed by atoms with Crippen LogP contribution >= 0.6 is 0 Å². The smallest absolute Gasteiger partial charge is 0.247 e. The third-order valence-corrected chi connectivity index (χ3v) is 4.10. The first-order chi connectivity index (χ1) is 13.0. The van der Waals surface area contributed by atoms with E-state index in [-0.39, 0.29) is 12.3 Å². The van der Waals surface area contributed by atoms with Crippen LogP contribution in [0, 0.1) is 11.6 Å². The number of rotatable bonds is 7. The minimum absolute atomic E-state index is 0.185. The summed E-state index contributed by atoms with van der Waals surface area (Å²) in [4.78, 5) is 12.0. The maximum Gasteiger partial charge on any atom is 0.247 e. The van der Waals surface area contributed by atoms with Gasteiger partial charge in [0.2, 0.25) is 17.7 Å². The molecule has 0 bridgehead atoms. The van der Waals surface area contributed by atoms with Crippen molar-refractivity contribution in [2.45, 2.75) is 32.2 Å². The molecule has 0 radical (unpaired) electrons. The van der Waals surface area contributed by atoms with Crippen LogP contribution in [0.25, 0.3) is 11.5 Å². The van der Waals surface area contributed by atoms with Crippen molar-refractivity contribution >= 4 is 5.91 Å². The number of nitrogens with one attached hydrogen (secondary N) is 1. The summed E-state index contributed by atoms with van der Waals surface area (Å²) < 4.78 is 31.9. The summed E-state index contributed by atoms with van der Waals surface area (Å²) in [5.41, 5.74) is 1.35. The highest BCUT2D eigenvalue weighted by Crippen LogP contribution is 2.18. The zero-order valence-corrected chi connectivity index (χ0v) is 14.8. The number of hydrogen-bond acceptors (Lipinski definition) is 4. The number of aryl methyl sites for hydroxylation is 1. The standard InChI is InChI=1S/C20H19F2N3O2/c1-13(15-10-11-16(21)17(22)12-15)23-18(26)8-5-9-19-24-25-20(27-19)14-6-3-2-4-7-14/h2-4,6-7,10-13H,5,8-9H2,1H3,(H,23,26). The van der Waals surface area contributed by atoms with Crippen molar-refractivity contribution in [3.8, 4) is 11.5 Å². The first-order valence-corrected chi connectivity index (χ1v) is 8.65. The van der Waals surface area contributed by atoms with E-state index in [9.17, 15) is 13.6 Å². The van der Waals surface area contributed by atoms with E-state index in [1.54, 1.807) is 6.92 Å². The number of carbonyl (C=O) groups is 1. The number of hydrogen-bond donors (Lipinski definition) is 1. The molecule has 27 heavy (non-hydrogen) atoms. The summed E-state index contributed by atoms with van der Waals surface area (Å²) in [5, 5.41) is 10.8. The van der Waals surface area contributed by atoms with Gasteiger partial charge in [0.15, 0.2) is 11.6 Å². The second-order valence-electron chi connectivity index (χ2n) is 6.18. The van der Waals surface area contributed by atoms with Crippen molar-refractivity contribution in [1.29, 1.82) is 0 Å². The number of benzene rings is 2. The van der Waals surface area contributed by atoms with Gasteiger partial charge in [-0.25, -0.2) is 8.78 Å². The molecule has 1 N–H and O–H groups in total. The number of carbonyl (C=O) groups excluding carboxylic acids is 1. The van der Waals surface area contributed by atoms with Gasteiger partial charge >= 0.3 is 0 Å². The predicted octanol–water partition coefficient (Wildman–Crippen LogP) is 4.21. The average molecular weight is 371 g/mol. The quantitative estimate of drug-likeness (QED) is 0.675. The van der Waals surface area contributed by atoms with E-state index in [2.05, 4.69) is 15.5 Å². The van der Waals surface area contributed by atoms with E-state index in [4.69, 9.17) is 4.42 Å².